The van der Waals surface area contributed by atoms with Gasteiger partial charge in [0.1, 0.15) is 16.9 Å². The summed E-state index contributed by atoms with van der Waals surface area (Å²) in [5.41, 5.74) is -0.151. The van der Waals surface area contributed by atoms with Gasteiger partial charge in [0.2, 0.25) is 5.91 Å². The number of hydrogen-bond acceptors (Lipinski definition) is 5. The zero-order valence-electron chi connectivity index (χ0n) is 13.3. The molecule has 2 heterocycles. The van der Waals surface area contributed by atoms with Gasteiger partial charge in [-0.15, -0.1) is 11.3 Å². The molecule has 7 heteroatoms. The molecule has 1 N–H and O–H groups in total. The van der Waals surface area contributed by atoms with Crippen molar-refractivity contribution in [3.63, 3.8) is 0 Å². The second-order valence-electron chi connectivity index (χ2n) is 6.28. The normalized spacial score (nSPS) is 16.8. The number of amides is 1. The van der Waals surface area contributed by atoms with Gasteiger partial charge in [-0.25, -0.2) is 4.98 Å². The molecule has 1 aliphatic carbocycles. The maximum absolute atomic E-state index is 12.6. The maximum Gasteiger partial charge on any atom is 0.262 e. The quantitative estimate of drug-likeness (QED) is 0.927. The largest absolute Gasteiger partial charge is 0.336 e. The van der Waals surface area contributed by atoms with Crippen LogP contribution in [0.3, 0.4) is 0 Å². The van der Waals surface area contributed by atoms with Crippen molar-refractivity contribution < 1.29 is 4.79 Å². The molecule has 6 nitrogen and oxygen atoms in total. The number of fused-ring (bicyclic) bond motifs is 1. The summed E-state index contributed by atoms with van der Waals surface area (Å²) >= 11 is 1.48. The summed E-state index contributed by atoms with van der Waals surface area (Å²) in [4.78, 5) is 30.8. The highest BCUT2D eigenvalue weighted by molar-refractivity contribution is 7.18. The molecular formula is C16H18N4O2S. The molecule has 1 aliphatic rings. The van der Waals surface area contributed by atoms with E-state index in [1.54, 1.807) is 6.92 Å². The van der Waals surface area contributed by atoms with E-state index in [0.29, 0.717) is 10.2 Å². The molecule has 0 aromatic carbocycles. The smallest absolute Gasteiger partial charge is 0.262 e. The fraction of sp³-hybridized carbons (Fsp3) is 0.500. The first-order chi connectivity index (χ1) is 10.9. The molecule has 0 bridgehead atoms. The Bertz CT molecular complexity index is 888. The molecule has 120 valence electrons. The highest BCUT2D eigenvalue weighted by Gasteiger charge is 2.43. The molecule has 2 aromatic heterocycles. The number of carbonyl (C=O) groups excluding carboxylic acids is 1. The Morgan fingerprint density at radius 1 is 1.57 bits per heavy atom. The van der Waals surface area contributed by atoms with Crippen molar-refractivity contribution in [3.05, 3.63) is 27.1 Å². The van der Waals surface area contributed by atoms with Crippen molar-refractivity contribution in [1.82, 2.24) is 14.9 Å². The van der Waals surface area contributed by atoms with Crippen LogP contribution in [0.25, 0.3) is 10.2 Å². The number of nitrogens with one attached hydrogen (secondary N) is 1. The summed E-state index contributed by atoms with van der Waals surface area (Å²) in [6.45, 7) is 5.45. The van der Waals surface area contributed by atoms with E-state index < -0.39 is 5.54 Å². The van der Waals surface area contributed by atoms with Gasteiger partial charge in [0, 0.05) is 4.88 Å². The highest BCUT2D eigenvalue weighted by Crippen LogP contribution is 2.39. The summed E-state index contributed by atoms with van der Waals surface area (Å²) < 4.78 is 1.31. The molecule has 0 saturated heterocycles. The van der Waals surface area contributed by atoms with Crippen molar-refractivity contribution in [1.29, 1.82) is 5.26 Å². The lowest BCUT2D eigenvalue weighted by Crippen LogP contribution is -2.48. The van der Waals surface area contributed by atoms with Crippen LogP contribution in [-0.2, 0) is 11.3 Å². The average Bonchev–Trinajstić information content (AvgIpc) is 3.31. The van der Waals surface area contributed by atoms with Gasteiger partial charge in [0.15, 0.2) is 0 Å². The molecule has 0 aliphatic heterocycles. The van der Waals surface area contributed by atoms with Crippen LogP contribution >= 0.6 is 11.3 Å². The molecule has 0 unspecified atom stereocenters. The van der Waals surface area contributed by atoms with Crippen LogP contribution in [0.15, 0.2) is 11.1 Å². The second kappa shape index (κ2) is 5.46. The van der Waals surface area contributed by atoms with E-state index in [1.807, 2.05) is 13.8 Å². The van der Waals surface area contributed by atoms with Crippen LogP contribution in [0.4, 0.5) is 0 Å². The van der Waals surface area contributed by atoms with Gasteiger partial charge in [-0.1, -0.05) is 0 Å². The van der Waals surface area contributed by atoms with Gasteiger partial charge >= 0.3 is 0 Å². The minimum absolute atomic E-state index is 0.125. The highest BCUT2D eigenvalue weighted by atomic mass is 32.1. The molecule has 3 rings (SSSR count). The van der Waals surface area contributed by atoms with Gasteiger partial charge in [-0.3, -0.25) is 14.2 Å². The van der Waals surface area contributed by atoms with E-state index in [0.717, 1.165) is 23.3 Å². The Morgan fingerprint density at radius 2 is 2.26 bits per heavy atom. The second-order valence-corrected chi connectivity index (χ2v) is 7.48. The van der Waals surface area contributed by atoms with Crippen molar-refractivity contribution >= 4 is 27.5 Å². The Labute approximate surface area is 137 Å². The predicted molar refractivity (Wildman–Crippen MR) is 88.2 cm³/mol. The van der Waals surface area contributed by atoms with Crippen molar-refractivity contribution in [2.24, 2.45) is 5.92 Å². The van der Waals surface area contributed by atoms with Crippen LogP contribution in [0, 0.1) is 31.1 Å². The minimum Gasteiger partial charge on any atom is -0.336 e. The van der Waals surface area contributed by atoms with E-state index >= 15 is 0 Å². The average molecular weight is 330 g/mol. The van der Waals surface area contributed by atoms with E-state index in [9.17, 15) is 14.9 Å². The Kier molecular flexibility index (Phi) is 3.72. The van der Waals surface area contributed by atoms with Crippen LogP contribution < -0.4 is 10.9 Å². The van der Waals surface area contributed by atoms with Crippen molar-refractivity contribution in [2.75, 3.05) is 0 Å². The molecule has 1 saturated carbocycles. The zero-order valence-corrected chi connectivity index (χ0v) is 14.2. The Balaban J connectivity index is 1.86. The zero-order chi connectivity index (χ0) is 16.8. The fourth-order valence-electron chi connectivity index (χ4n) is 2.75. The lowest BCUT2D eigenvalue weighted by molar-refractivity contribution is -0.123. The summed E-state index contributed by atoms with van der Waals surface area (Å²) in [6.07, 6.45) is 3.30. The number of aryl methyl sites for hydroxylation is 2. The van der Waals surface area contributed by atoms with E-state index in [2.05, 4.69) is 16.4 Å². The van der Waals surface area contributed by atoms with E-state index in [-0.39, 0.29) is 23.9 Å². The van der Waals surface area contributed by atoms with Crippen molar-refractivity contribution in [3.8, 4) is 6.07 Å². The van der Waals surface area contributed by atoms with Crippen LogP contribution in [0.2, 0.25) is 0 Å². The van der Waals surface area contributed by atoms with E-state index in [1.165, 1.54) is 22.2 Å². The molecular weight excluding hydrogens is 312 g/mol. The number of rotatable bonds is 4. The summed E-state index contributed by atoms with van der Waals surface area (Å²) in [5.74, 6) is -0.135. The van der Waals surface area contributed by atoms with Crippen LogP contribution in [-0.4, -0.2) is 21.0 Å². The topological polar surface area (TPSA) is 87.8 Å². The standard InChI is InChI=1S/C16H18N4O2S/c1-9-10(2)23-14-13(9)15(22)20(8-18-14)6-12(21)19-16(3,7-17)11-4-5-11/h8,11H,4-6H2,1-3H3,(H,19,21)/t16-/m0/s1. The number of aromatic nitrogens is 2. The number of thiophene rings is 1. The SMILES string of the molecule is Cc1sc2ncn(CC(=O)N[C@@](C)(C#N)C3CC3)c(=O)c2c1C. The van der Waals surface area contributed by atoms with Gasteiger partial charge < -0.3 is 5.32 Å². The summed E-state index contributed by atoms with van der Waals surface area (Å²) in [5, 5.41) is 12.6. The first-order valence-electron chi connectivity index (χ1n) is 7.53. The molecule has 0 spiro atoms. The minimum atomic E-state index is -0.854. The van der Waals surface area contributed by atoms with Crippen LogP contribution in [0.1, 0.15) is 30.2 Å². The van der Waals surface area contributed by atoms with Gasteiger partial charge in [0.05, 0.1) is 17.8 Å². The predicted octanol–water partition coefficient (Wildman–Crippen LogP) is 1.88. The summed E-state index contributed by atoms with van der Waals surface area (Å²) in [7, 11) is 0. The number of nitrogens with zero attached hydrogens (tertiary/aromatic N) is 3. The first kappa shape index (κ1) is 15.7. The third kappa shape index (κ3) is 2.75. The molecule has 0 radical (unpaired) electrons. The monoisotopic (exact) mass is 330 g/mol. The number of carbonyl (C=O) groups is 1. The van der Waals surface area contributed by atoms with Crippen molar-refractivity contribution in [2.45, 2.75) is 45.7 Å². The Hall–Kier alpha value is -2.20. The first-order valence-corrected chi connectivity index (χ1v) is 8.35. The molecule has 2 aromatic rings. The van der Waals surface area contributed by atoms with Gasteiger partial charge in [-0.2, -0.15) is 5.26 Å². The lowest BCUT2D eigenvalue weighted by atomic mass is 9.98. The fourth-order valence-corrected chi connectivity index (χ4v) is 3.74. The lowest BCUT2D eigenvalue weighted by Gasteiger charge is -2.23. The third-order valence-corrected chi connectivity index (χ3v) is 5.61. The van der Waals surface area contributed by atoms with Gasteiger partial charge in [-0.05, 0) is 45.1 Å². The summed E-state index contributed by atoms with van der Waals surface area (Å²) in [6, 6.07) is 2.18. The van der Waals surface area contributed by atoms with Gasteiger partial charge in [0.25, 0.3) is 5.56 Å². The Morgan fingerprint density at radius 3 is 2.87 bits per heavy atom. The molecule has 1 atom stereocenters. The number of nitriles is 1. The molecule has 1 fully saturated rings. The molecule has 23 heavy (non-hydrogen) atoms. The maximum atomic E-state index is 12.6. The molecule has 1 amide bonds. The van der Waals surface area contributed by atoms with Crippen LogP contribution in [0.5, 0.6) is 0 Å². The van der Waals surface area contributed by atoms with E-state index in [4.69, 9.17) is 0 Å². The third-order valence-electron chi connectivity index (χ3n) is 4.49. The number of hydrogen-bond donors (Lipinski definition) is 1.